The van der Waals surface area contributed by atoms with Crippen molar-refractivity contribution >= 4 is 31.8 Å². The van der Waals surface area contributed by atoms with Gasteiger partial charge in [0.1, 0.15) is 0 Å². The molecule has 0 aromatic heterocycles. The van der Waals surface area contributed by atoms with Gasteiger partial charge in [-0.1, -0.05) is 29.8 Å². The summed E-state index contributed by atoms with van der Waals surface area (Å²) in [6.07, 6.45) is 0. The van der Waals surface area contributed by atoms with Crippen molar-refractivity contribution < 1.29 is 8.42 Å². The molecule has 1 aromatic carbocycles. The van der Waals surface area contributed by atoms with E-state index in [1.807, 2.05) is 26.8 Å². The Kier molecular flexibility index (Phi) is 4.97. The van der Waals surface area contributed by atoms with Gasteiger partial charge in [0, 0.05) is 17.6 Å². The van der Waals surface area contributed by atoms with E-state index in [1.165, 1.54) is 4.31 Å². The van der Waals surface area contributed by atoms with E-state index in [0.717, 1.165) is 10.0 Å². The fourth-order valence-corrected chi connectivity index (χ4v) is 2.97. The summed E-state index contributed by atoms with van der Waals surface area (Å²) in [5, 5.41) is 0. The average molecular weight is 321 g/mol. The summed E-state index contributed by atoms with van der Waals surface area (Å²) in [6.45, 7) is 6.47. The fourth-order valence-electron chi connectivity index (χ4n) is 1.49. The second-order valence-corrected chi connectivity index (χ2v) is 6.18. The monoisotopic (exact) mass is 320 g/mol. The van der Waals surface area contributed by atoms with Crippen LogP contribution < -0.4 is 4.72 Å². The molecule has 0 radical (unpaired) electrons. The van der Waals surface area contributed by atoms with Crippen molar-refractivity contribution in [1.82, 2.24) is 4.31 Å². The average Bonchev–Trinajstić information content (AvgIpc) is 2.24. The van der Waals surface area contributed by atoms with Crippen LogP contribution in [0.3, 0.4) is 0 Å². The van der Waals surface area contributed by atoms with Crippen LogP contribution in [0, 0.1) is 6.92 Å². The maximum Gasteiger partial charge on any atom is 0.301 e. The maximum atomic E-state index is 12.0. The smallest absolute Gasteiger partial charge is 0.271 e. The molecule has 0 unspecified atom stereocenters. The number of aryl methyl sites for hydroxylation is 1. The SMILES string of the molecule is CCN(CC)S(=O)(=O)Nc1ccc(Br)c(C)c1. The van der Waals surface area contributed by atoms with Crippen LogP contribution in [-0.4, -0.2) is 25.8 Å². The van der Waals surface area contributed by atoms with Gasteiger partial charge in [0.25, 0.3) is 0 Å². The molecule has 1 rings (SSSR count). The van der Waals surface area contributed by atoms with Crippen LogP contribution >= 0.6 is 15.9 Å². The molecular weight excluding hydrogens is 304 g/mol. The van der Waals surface area contributed by atoms with Gasteiger partial charge in [0.15, 0.2) is 0 Å². The summed E-state index contributed by atoms with van der Waals surface area (Å²) in [7, 11) is -3.44. The summed E-state index contributed by atoms with van der Waals surface area (Å²) in [5.41, 5.74) is 1.57. The van der Waals surface area contributed by atoms with Gasteiger partial charge in [-0.3, -0.25) is 4.72 Å². The lowest BCUT2D eigenvalue weighted by atomic mass is 10.2. The molecule has 0 amide bonds. The molecule has 0 heterocycles. The van der Waals surface area contributed by atoms with Crippen molar-refractivity contribution in [2.75, 3.05) is 17.8 Å². The molecule has 96 valence electrons. The van der Waals surface area contributed by atoms with Gasteiger partial charge in [-0.25, -0.2) is 0 Å². The first-order valence-corrected chi connectivity index (χ1v) is 7.68. The zero-order valence-electron chi connectivity index (χ0n) is 10.2. The molecular formula is C11H17BrN2O2S. The van der Waals surface area contributed by atoms with Crippen LogP contribution in [0.2, 0.25) is 0 Å². The molecule has 0 saturated carbocycles. The summed E-state index contributed by atoms with van der Waals surface area (Å²) < 4.78 is 28.8. The van der Waals surface area contributed by atoms with Gasteiger partial charge in [0.05, 0.1) is 5.69 Å². The van der Waals surface area contributed by atoms with Gasteiger partial charge in [-0.2, -0.15) is 12.7 Å². The van der Waals surface area contributed by atoms with Gasteiger partial charge < -0.3 is 0 Å². The maximum absolute atomic E-state index is 12.0. The third-order valence-corrected chi connectivity index (χ3v) is 5.03. The second-order valence-electron chi connectivity index (χ2n) is 3.66. The van der Waals surface area contributed by atoms with E-state index in [9.17, 15) is 8.42 Å². The Balaban J connectivity index is 2.94. The third kappa shape index (κ3) is 3.69. The van der Waals surface area contributed by atoms with Crippen LogP contribution in [0.1, 0.15) is 19.4 Å². The Morgan fingerprint density at radius 3 is 2.35 bits per heavy atom. The summed E-state index contributed by atoms with van der Waals surface area (Å²) in [6, 6.07) is 5.36. The first-order chi connectivity index (χ1) is 7.90. The van der Waals surface area contributed by atoms with Crippen molar-refractivity contribution in [3.05, 3.63) is 28.2 Å². The largest absolute Gasteiger partial charge is 0.301 e. The highest BCUT2D eigenvalue weighted by atomic mass is 79.9. The number of nitrogens with one attached hydrogen (secondary N) is 1. The van der Waals surface area contributed by atoms with Crippen molar-refractivity contribution in [2.24, 2.45) is 0 Å². The van der Waals surface area contributed by atoms with E-state index in [4.69, 9.17) is 0 Å². The molecule has 0 aliphatic rings. The summed E-state index contributed by atoms with van der Waals surface area (Å²) in [4.78, 5) is 0. The van der Waals surface area contributed by atoms with E-state index in [0.29, 0.717) is 18.8 Å². The third-order valence-electron chi connectivity index (χ3n) is 2.45. The minimum atomic E-state index is -3.44. The van der Waals surface area contributed by atoms with Crippen LogP contribution in [-0.2, 0) is 10.2 Å². The van der Waals surface area contributed by atoms with E-state index in [2.05, 4.69) is 20.7 Å². The van der Waals surface area contributed by atoms with Crippen LogP contribution in [0.25, 0.3) is 0 Å². The van der Waals surface area contributed by atoms with Crippen LogP contribution in [0.15, 0.2) is 22.7 Å². The number of halogens is 1. The molecule has 1 aromatic rings. The van der Waals surface area contributed by atoms with Gasteiger partial charge >= 0.3 is 10.2 Å². The Labute approximate surface area is 111 Å². The molecule has 1 N–H and O–H groups in total. The topological polar surface area (TPSA) is 49.4 Å². The zero-order chi connectivity index (χ0) is 13.1. The van der Waals surface area contributed by atoms with Gasteiger partial charge in [-0.05, 0) is 30.7 Å². The number of rotatable bonds is 5. The number of nitrogens with zero attached hydrogens (tertiary/aromatic N) is 1. The Morgan fingerprint density at radius 2 is 1.88 bits per heavy atom. The zero-order valence-corrected chi connectivity index (χ0v) is 12.6. The Hall–Kier alpha value is -0.590. The predicted octanol–water partition coefficient (Wildman–Crippen LogP) is 2.76. The highest BCUT2D eigenvalue weighted by Gasteiger charge is 2.18. The number of benzene rings is 1. The lowest BCUT2D eigenvalue weighted by molar-refractivity contribution is 0.449. The molecule has 0 atom stereocenters. The number of hydrogen-bond acceptors (Lipinski definition) is 2. The Morgan fingerprint density at radius 1 is 1.29 bits per heavy atom. The van der Waals surface area contributed by atoms with Crippen LogP contribution in [0.4, 0.5) is 5.69 Å². The first-order valence-electron chi connectivity index (χ1n) is 5.44. The number of hydrogen-bond donors (Lipinski definition) is 1. The molecule has 17 heavy (non-hydrogen) atoms. The minimum Gasteiger partial charge on any atom is -0.271 e. The molecule has 0 aliphatic heterocycles. The molecule has 0 spiro atoms. The first kappa shape index (κ1) is 14.5. The molecule has 0 aliphatic carbocycles. The van der Waals surface area contributed by atoms with Crippen molar-refractivity contribution in [3.8, 4) is 0 Å². The van der Waals surface area contributed by atoms with E-state index in [1.54, 1.807) is 12.1 Å². The van der Waals surface area contributed by atoms with Crippen LogP contribution in [0.5, 0.6) is 0 Å². The van der Waals surface area contributed by atoms with Crippen molar-refractivity contribution in [2.45, 2.75) is 20.8 Å². The molecule has 0 fully saturated rings. The fraction of sp³-hybridized carbons (Fsp3) is 0.455. The normalized spacial score (nSPS) is 11.8. The van der Waals surface area contributed by atoms with Crippen molar-refractivity contribution in [3.63, 3.8) is 0 Å². The predicted molar refractivity (Wildman–Crippen MR) is 74.3 cm³/mol. The summed E-state index contributed by atoms with van der Waals surface area (Å²) in [5.74, 6) is 0. The molecule has 6 heteroatoms. The van der Waals surface area contributed by atoms with E-state index < -0.39 is 10.2 Å². The highest BCUT2D eigenvalue weighted by Crippen LogP contribution is 2.21. The minimum absolute atomic E-state index is 0.460. The molecule has 0 bridgehead atoms. The quantitative estimate of drug-likeness (QED) is 0.906. The van der Waals surface area contributed by atoms with E-state index >= 15 is 0 Å². The van der Waals surface area contributed by atoms with E-state index in [-0.39, 0.29) is 0 Å². The Bertz CT molecular complexity index is 484. The standard InChI is InChI=1S/C11H17BrN2O2S/c1-4-14(5-2)17(15,16)13-10-6-7-11(12)9(3)8-10/h6-8,13H,4-5H2,1-3H3. The van der Waals surface area contributed by atoms with Gasteiger partial charge in [-0.15, -0.1) is 0 Å². The van der Waals surface area contributed by atoms with Crippen molar-refractivity contribution in [1.29, 1.82) is 0 Å². The molecule has 0 saturated heterocycles. The second kappa shape index (κ2) is 5.84. The van der Waals surface area contributed by atoms with Gasteiger partial charge in [0.2, 0.25) is 0 Å². The summed E-state index contributed by atoms with van der Waals surface area (Å²) >= 11 is 3.38. The lowest BCUT2D eigenvalue weighted by Crippen LogP contribution is -2.35. The number of anilines is 1. The highest BCUT2D eigenvalue weighted by molar-refractivity contribution is 9.10. The lowest BCUT2D eigenvalue weighted by Gasteiger charge is -2.19. The molecule has 4 nitrogen and oxygen atoms in total.